The molecule has 114 valence electrons. The van der Waals surface area contributed by atoms with Gasteiger partial charge in [-0.05, 0) is 18.8 Å². The second-order valence-corrected chi connectivity index (χ2v) is 7.62. The highest BCUT2D eigenvalue weighted by atomic mass is 28.1. The van der Waals surface area contributed by atoms with E-state index in [1.54, 1.807) is 0 Å². The van der Waals surface area contributed by atoms with Gasteiger partial charge >= 0.3 is 5.97 Å². The van der Waals surface area contributed by atoms with Gasteiger partial charge in [0.15, 0.2) is 0 Å². The third-order valence-electron chi connectivity index (χ3n) is 4.57. The molecule has 0 bridgehead atoms. The molecule has 0 heterocycles. The Morgan fingerprint density at radius 1 is 1.05 bits per heavy atom. The summed E-state index contributed by atoms with van der Waals surface area (Å²) in [7, 11) is 0.901. The van der Waals surface area contributed by atoms with E-state index in [1.807, 2.05) is 0 Å². The fourth-order valence-electron chi connectivity index (χ4n) is 2.82. The second-order valence-electron chi connectivity index (χ2n) is 5.83. The van der Waals surface area contributed by atoms with Gasteiger partial charge in [0, 0.05) is 10.2 Å². The molecule has 19 heavy (non-hydrogen) atoms. The summed E-state index contributed by atoms with van der Waals surface area (Å²) in [6, 6.07) is 0. The molecule has 0 aliphatic heterocycles. The molecule has 1 atom stereocenters. The number of hydrogen-bond donors (Lipinski definition) is 0. The van der Waals surface area contributed by atoms with Crippen LogP contribution in [0.4, 0.5) is 0 Å². The van der Waals surface area contributed by atoms with Gasteiger partial charge in [-0.3, -0.25) is 4.79 Å². The molecule has 0 spiro atoms. The SMILES string of the molecule is CCCCCCCOC(=O)C([SiH3])(CC)C(CC)CC. The average molecular weight is 287 g/mol. The number of unbranched alkanes of at least 4 members (excludes halogenated alkanes) is 4. The van der Waals surface area contributed by atoms with Crippen molar-refractivity contribution in [1.29, 1.82) is 0 Å². The molecule has 0 aliphatic rings. The summed E-state index contributed by atoms with van der Waals surface area (Å²) < 4.78 is 5.56. The first-order valence-corrected chi connectivity index (χ1v) is 9.23. The highest BCUT2D eigenvalue weighted by Gasteiger charge is 2.38. The van der Waals surface area contributed by atoms with E-state index in [-0.39, 0.29) is 11.0 Å². The van der Waals surface area contributed by atoms with Crippen LogP contribution in [0.15, 0.2) is 0 Å². The van der Waals surface area contributed by atoms with E-state index in [4.69, 9.17) is 4.74 Å². The predicted molar refractivity (Wildman–Crippen MR) is 86.7 cm³/mol. The fourth-order valence-corrected chi connectivity index (χ4v) is 3.79. The van der Waals surface area contributed by atoms with Crippen molar-refractivity contribution in [3.8, 4) is 0 Å². The Labute approximate surface area is 123 Å². The van der Waals surface area contributed by atoms with Gasteiger partial charge < -0.3 is 4.74 Å². The first-order valence-electron chi connectivity index (χ1n) is 8.23. The molecule has 0 aromatic heterocycles. The summed E-state index contributed by atoms with van der Waals surface area (Å²) in [6.45, 7) is 9.34. The number of ether oxygens (including phenoxy) is 1. The van der Waals surface area contributed by atoms with E-state index in [9.17, 15) is 4.79 Å². The topological polar surface area (TPSA) is 26.3 Å². The van der Waals surface area contributed by atoms with Crippen molar-refractivity contribution in [2.45, 2.75) is 84.1 Å². The van der Waals surface area contributed by atoms with Crippen LogP contribution in [0.2, 0.25) is 5.04 Å². The summed E-state index contributed by atoms with van der Waals surface area (Å²) in [5.74, 6) is 0.572. The Bertz CT molecular complexity index is 239. The van der Waals surface area contributed by atoms with Gasteiger partial charge in [0.25, 0.3) is 0 Å². The average Bonchev–Trinajstić information content (AvgIpc) is 2.43. The van der Waals surface area contributed by atoms with Gasteiger partial charge in [0.2, 0.25) is 0 Å². The van der Waals surface area contributed by atoms with E-state index in [1.165, 1.54) is 25.7 Å². The Kier molecular flexibility index (Phi) is 10.3. The zero-order valence-corrected chi connectivity index (χ0v) is 15.8. The monoisotopic (exact) mass is 286 g/mol. The molecule has 0 fully saturated rings. The third-order valence-corrected chi connectivity index (χ3v) is 6.50. The maximum atomic E-state index is 12.4. The molecule has 0 amide bonds. The van der Waals surface area contributed by atoms with E-state index in [2.05, 4.69) is 27.7 Å². The lowest BCUT2D eigenvalue weighted by molar-refractivity contribution is -0.149. The molecule has 0 N–H and O–H groups in total. The quantitative estimate of drug-likeness (QED) is 0.327. The largest absolute Gasteiger partial charge is 0.466 e. The van der Waals surface area contributed by atoms with Crippen LogP contribution in [0.5, 0.6) is 0 Å². The molecule has 2 nitrogen and oxygen atoms in total. The third kappa shape index (κ3) is 6.11. The van der Waals surface area contributed by atoms with Crippen molar-refractivity contribution >= 4 is 16.2 Å². The normalized spacial score (nSPS) is 14.6. The second kappa shape index (κ2) is 10.5. The molecule has 3 heteroatoms. The number of esters is 1. The van der Waals surface area contributed by atoms with Gasteiger partial charge in [0.1, 0.15) is 0 Å². The molecule has 0 aliphatic carbocycles. The molecule has 0 rings (SSSR count). The minimum atomic E-state index is -0.160. The Morgan fingerprint density at radius 3 is 2.11 bits per heavy atom. The van der Waals surface area contributed by atoms with Gasteiger partial charge in [-0.1, -0.05) is 66.2 Å². The van der Waals surface area contributed by atoms with Gasteiger partial charge in [-0.15, -0.1) is 0 Å². The molecular formula is C16H34O2Si. The maximum absolute atomic E-state index is 12.4. The van der Waals surface area contributed by atoms with Crippen molar-refractivity contribution in [1.82, 2.24) is 0 Å². The number of carbonyl (C=O) groups is 1. The smallest absolute Gasteiger partial charge is 0.308 e. The molecular weight excluding hydrogens is 252 g/mol. The minimum absolute atomic E-state index is 0.0749. The van der Waals surface area contributed by atoms with Crippen molar-refractivity contribution in [3.05, 3.63) is 0 Å². The number of rotatable bonds is 11. The summed E-state index contributed by atoms with van der Waals surface area (Å²) in [6.07, 6.45) is 9.12. The van der Waals surface area contributed by atoms with Gasteiger partial charge in [0.05, 0.1) is 11.6 Å². The fraction of sp³-hybridized carbons (Fsp3) is 0.938. The van der Waals surface area contributed by atoms with Crippen LogP contribution in [0.1, 0.15) is 79.1 Å². The van der Waals surface area contributed by atoms with Gasteiger partial charge in [-0.2, -0.15) is 0 Å². The van der Waals surface area contributed by atoms with Crippen LogP contribution in [0, 0.1) is 5.92 Å². The van der Waals surface area contributed by atoms with Crippen molar-refractivity contribution in [3.63, 3.8) is 0 Å². The summed E-state index contributed by atoms with van der Waals surface area (Å²) in [5, 5.41) is -0.160. The molecule has 0 saturated carbocycles. The van der Waals surface area contributed by atoms with Crippen molar-refractivity contribution in [2.75, 3.05) is 6.61 Å². The Hall–Kier alpha value is -0.313. The standard InChI is InChI=1S/C16H34O2Si/c1-5-9-10-11-12-13-18-15(17)16(19,8-4)14(6-2)7-3/h14H,5-13H2,1-4,19H3. The molecule has 0 radical (unpaired) electrons. The number of carbonyl (C=O) groups excluding carboxylic acids is 1. The van der Waals surface area contributed by atoms with E-state index in [0.29, 0.717) is 12.5 Å². The lowest BCUT2D eigenvalue weighted by Gasteiger charge is -2.33. The Morgan fingerprint density at radius 2 is 1.63 bits per heavy atom. The van der Waals surface area contributed by atoms with Crippen LogP contribution in [-0.2, 0) is 9.53 Å². The van der Waals surface area contributed by atoms with Crippen LogP contribution < -0.4 is 0 Å². The molecule has 0 saturated heterocycles. The zero-order chi connectivity index (χ0) is 14.7. The molecule has 0 aromatic rings. The first kappa shape index (κ1) is 18.7. The van der Waals surface area contributed by atoms with Crippen LogP contribution in [0.25, 0.3) is 0 Å². The van der Waals surface area contributed by atoms with Crippen molar-refractivity contribution < 1.29 is 9.53 Å². The van der Waals surface area contributed by atoms with Crippen LogP contribution >= 0.6 is 0 Å². The van der Waals surface area contributed by atoms with Crippen LogP contribution in [-0.4, -0.2) is 22.8 Å². The van der Waals surface area contributed by atoms with Gasteiger partial charge in [-0.25, -0.2) is 0 Å². The first-order chi connectivity index (χ1) is 9.06. The highest BCUT2D eigenvalue weighted by Crippen LogP contribution is 2.41. The minimum Gasteiger partial charge on any atom is -0.466 e. The zero-order valence-electron chi connectivity index (χ0n) is 13.8. The highest BCUT2D eigenvalue weighted by molar-refractivity contribution is 6.27. The molecule has 0 aromatic carbocycles. The van der Waals surface area contributed by atoms with Crippen molar-refractivity contribution in [2.24, 2.45) is 5.92 Å². The predicted octanol–water partition coefficient (Wildman–Crippen LogP) is 3.87. The van der Waals surface area contributed by atoms with E-state index < -0.39 is 0 Å². The van der Waals surface area contributed by atoms with Crippen LogP contribution in [0.3, 0.4) is 0 Å². The number of hydrogen-bond acceptors (Lipinski definition) is 2. The lowest BCUT2D eigenvalue weighted by atomic mass is 9.84. The van der Waals surface area contributed by atoms with E-state index in [0.717, 1.165) is 35.9 Å². The maximum Gasteiger partial charge on any atom is 0.308 e. The summed E-state index contributed by atoms with van der Waals surface area (Å²) in [4.78, 5) is 12.4. The molecule has 1 unspecified atom stereocenters. The lowest BCUT2D eigenvalue weighted by Crippen LogP contribution is -2.33. The summed E-state index contributed by atoms with van der Waals surface area (Å²) >= 11 is 0. The summed E-state index contributed by atoms with van der Waals surface area (Å²) in [5.41, 5.74) is 0. The van der Waals surface area contributed by atoms with E-state index >= 15 is 0 Å². The Balaban J connectivity index is 4.14.